The summed E-state index contributed by atoms with van der Waals surface area (Å²) in [5.41, 5.74) is 1.28. The molecule has 2 aromatic rings. The predicted octanol–water partition coefficient (Wildman–Crippen LogP) is 2.42. The number of carbonyl (C=O) groups excluding carboxylic acids is 1. The summed E-state index contributed by atoms with van der Waals surface area (Å²) in [5.74, 6) is 1.12. The van der Waals surface area contributed by atoms with Crippen LogP contribution in [0.4, 0.5) is 11.6 Å². The summed E-state index contributed by atoms with van der Waals surface area (Å²) in [6.45, 7) is 3.87. The van der Waals surface area contributed by atoms with E-state index in [2.05, 4.69) is 25.2 Å². The molecular formula is C16H19N5O. The highest BCUT2D eigenvalue weighted by molar-refractivity contribution is 6.03. The van der Waals surface area contributed by atoms with Crippen LogP contribution in [0.3, 0.4) is 0 Å². The van der Waals surface area contributed by atoms with Crippen LogP contribution in [0.25, 0.3) is 0 Å². The van der Waals surface area contributed by atoms with E-state index in [4.69, 9.17) is 0 Å². The number of amides is 1. The van der Waals surface area contributed by atoms with Gasteiger partial charge in [-0.25, -0.2) is 15.0 Å². The topological polar surface area (TPSA) is 71.0 Å². The molecule has 2 aromatic heterocycles. The maximum absolute atomic E-state index is 12.3. The maximum Gasteiger partial charge on any atom is 0.275 e. The Bertz CT molecular complexity index is 667. The Morgan fingerprint density at radius 3 is 2.77 bits per heavy atom. The van der Waals surface area contributed by atoms with Crippen molar-refractivity contribution in [3.8, 4) is 0 Å². The maximum atomic E-state index is 12.3. The van der Waals surface area contributed by atoms with Crippen LogP contribution in [0.15, 0.2) is 30.7 Å². The molecule has 0 unspecified atom stereocenters. The minimum atomic E-state index is -0.262. The SMILES string of the molecule is Cc1cccnc1NC(=O)c1cc(N2CCCCC2)ncn1. The van der Waals surface area contributed by atoms with Gasteiger partial charge in [-0.2, -0.15) is 0 Å². The molecule has 0 aromatic carbocycles. The van der Waals surface area contributed by atoms with Crippen molar-refractivity contribution in [2.75, 3.05) is 23.3 Å². The Morgan fingerprint density at radius 2 is 2.00 bits per heavy atom. The van der Waals surface area contributed by atoms with Gasteiger partial charge in [0.2, 0.25) is 0 Å². The molecule has 0 aliphatic carbocycles. The molecule has 0 atom stereocenters. The number of anilines is 2. The third-order valence-electron chi connectivity index (χ3n) is 3.81. The standard InChI is InChI=1S/C16H19N5O/c1-12-6-5-7-17-15(12)20-16(22)13-10-14(19-11-18-13)21-8-3-2-4-9-21/h5-7,10-11H,2-4,8-9H2,1H3,(H,17,20,22). The van der Waals surface area contributed by atoms with Gasteiger partial charge in [0.25, 0.3) is 5.91 Å². The molecule has 6 nitrogen and oxygen atoms in total. The van der Waals surface area contributed by atoms with Crippen LogP contribution in [0.5, 0.6) is 0 Å². The van der Waals surface area contributed by atoms with Crippen molar-refractivity contribution in [1.82, 2.24) is 15.0 Å². The molecule has 22 heavy (non-hydrogen) atoms. The Morgan fingerprint density at radius 1 is 1.18 bits per heavy atom. The minimum Gasteiger partial charge on any atom is -0.357 e. The summed E-state index contributed by atoms with van der Waals surface area (Å²) in [6.07, 6.45) is 6.69. The van der Waals surface area contributed by atoms with E-state index in [1.807, 2.05) is 19.1 Å². The van der Waals surface area contributed by atoms with E-state index >= 15 is 0 Å². The number of aryl methyl sites for hydroxylation is 1. The van der Waals surface area contributed by atoms with Crippen molar-refractivity contribution >= 4 is 17.5 Å². The Kier molecular flexibility index (Phi) is 4.27. The number of rotatable bonds is 3. The van der Waals surface area contributed by atoms with Crippen LogP contribution < -0.4 is 10.2 Å². The fourth-order valence-corrected chi connectivity index (χ4v) is 2.56. The highest BCUT2D eigenvalue weighted by Gasteiger charge is 2.16. The number of hydrogen-bond donors (Lipinski definition) is 1. The van der Waals surface area contributed by atoms with Crippen LogP contribution in [0.1, 0.15) is 35.3 Å². The smallest absolute Gasteiger partial charge is 0.275 e. The molecule has 1 saturated heterocycles. The number of nitrogens with zero attached hydrogens (tertiary/aromatic N) is 4. The van der Waals surface area contributed by atoms with Crippen molar-refractivity contribution in [1.29, 1.82) is 0 Å². The van der Waals surface area contributed by atoms with Gasteiger partial charge in [0.1, 0.15) is 23.7 Å². The fraction of sp³-hybridized carbons (Fsp3) is 0.375. The molecule has 0 bridgehead atoms. The van der Waals surface area contributed by atoms with Gasteiger partial charge in [0, 0.05) is 25.4 Å². The molecule has 1 aliphatic rings. The number of pyridine rings is 1. The zero-order valence-corrected chi connectivity index (χ0v) is 12.6. The van der Waals surface area contributed by atoms with Gasteiger partial charge in [0.15, 0.2) is 0 Å². The molecule has 1 fully saturated rings. The van der Waals surface area contributed by atoms with Crippen LogP contribution >= 0.6 is 0 Å². The molecule has 114 valence electrons. The van der Waals surface area contributed by atoms with Crippen molar-refractivity contribution in [3.63, 3.8) is 0 Å². The molecular weight excluding hydrogens is 278 g/mol. The van der Waals surface area contributed by atoms with E-state index in [9.17, 15) is 4.79 Å². The Balaban J connectivity index is 1.76. The van der Waals surface area contributed by atoms with Crippen LogP contribution in [-0.4, -0.2) is 33.9 Å². The van der Waals surface area contributed by atoms with E-state index in [-0.39, 0.29) is 5.91 Å². The van der Waals surface area contributed by atoms with Gasteiger partial charge in [-0.05, 0) is 37.8 Å². The lowest BCUT2D eigenvalue weighted by Gasteiger charge is -2.27. The lowest BCUT2D eigenvalue weighted by molar-refractivity contribution is 0.102. The summed E-state index contributed by atoms with van der Waals surface area (Å²) in [6, 6.07) is 5.49. The minimum absolute atomic E-state index is 0.262. The molecule has 1 amide bonds. The molecule has 0 radical (unpaired) electrons. The lowest BCUT2D eigenvalue weighted by Crippen LogP contribution is -2.30. The predicted molar refractivity (Wildman–Crippen MR) is 85.0 cm³/mol. The van der Waals surface area contributed by atoms with Gasteiger partial charge >= 0.3 is 0 Å². The second-order valence-electron chi connectivity index (χ2n) is 5.43. The molecule has 0 saturated carbocycles. The number of nitrogens with one attached hydrogen (secondary N) is 1. The molecule has 1 N–H and O–H groups in total. The monoisotopic (exact) mass is 297 g/mol. The molecule has 0 spiro atoms. The first-order valence-electron chi connectivity index (χ1n) is 7.54. The zero-order valence-electron chi connectivity index (χ0n) is 12.6. The number of piperidine rings is 1. The van der Waals surface area contributed by atoms with Crippen molar-refractivity contribution in [3.05, 3.63) is 42.0 Å². The third-order valence-corrected chi connectivity index (χ3v) is 3.81. The van der Waals surface area contributed by atoms with E-state index in [0.717, 1.165) is 24.5 Å². The van der Waals surface area contributed by atoms with Gasteiger partial charge in [-0.15, -0.1) is 0 Å². The second-order valence-corrected chi connectivity index (χ2v) is 5.43. The first-order chi connectivity index (χ1) is 10.7. The van der Waals surface area contributed by atoms with E-state index < -0.39 is 0 Å². The molecule has 3 heterocycles. The summed E-state index contributed by atoms with van der Waals surface area (Å²) < 4.78 is 0. The normalized spacial score (nSPS) is 14.7. The third kappa shape index (κ3) is 3.21. The number of hydrogen-bond acceptors (Lipinski definition) is 5. The highest BCUT2D eigenvalue weighted by atomic mass is 16.1. The van der Waals surface area contributed by atoms with Crippen molar-refractivity contribution < 1.29 is 4.79 Å². The van der Waals surface area contributed by atoms with Crippen LogP contribution in [0, 0.1) is 6.92 Å². The van der Waals surface area contributed by atoms with Gasteiger partial charge in [0.05, 0.1) is 0 Å². The first-order valence-corrected chi connectivity index (χ1v) is 7.54. The van der Waals surface area contributed by atoms with Crippen LogP contribution in [0.2, 0.25) is 0 Å². The van der Waals surface area contributed by atoms with Gasteiger partial charge < -0.3 is 10.2 Å². The average Bonchev–Trinajstić information content (AvgIpc) is 2.58. The van der Waals surface area contributed by atoms with Gasteiger partial charge in [-0.3, -0.25) is 4.79 Å². The first kappa shape index (κ1) is 14.4. The van der Waals surface area contributed by atoms with E-state index in [1.54, 1.807) is 12.3 Å². The molecule has 1 aliphatic heterocycles. The Labute approximate surface area is 129 Å². The second kappa shape index (κ2) is 6.51. The highest BCUT2D eigenvalue weighted by Crippen LogP contribution is 2.18. The number of aromatic nitrogens is 3. The average molecular weight is 297 g/mol. The van der Waals surface area contributed by atoms with Crippen LogP contribution in [-0.2, 0) is 0 Å². The van der Waals surface area contributed by atoms with Crippen molar-refractivity contribution in [2.24, 2.45) is 0 Å². The van der Waals surface area contributed by atoms with E-state index in [0.29, 0.717) is 11.5 Å². The molecule has 3 rings (SSSR count). The Hall–Kier alpha value is -2.50. The largest absolute Gasteiger partial charge is 0.357 e. The van der Waals surface area contributed by atoms with E-state index in [1.165, 1.54) is 25.6 Å². The van der Waals surface area contributed by atoms with Crippen molar-refractivity contribution in [2.45, 2.75) is 26.2 Å². The number of carbonyl (C=O) groups is 1. The quantitative estimate of drug-likeness (QED) is 0.942. The summed E-state index contributed by atoms with van der Waals surface area (Å²) in [7, 11) is 0. The molecule has 6 heteroatoms. The summed E-state index contributed by atoms with van der Waals surface area (Å²) in [4.78, 5) is 27.1. The fourth-order valence-electron chi connectivity index (χ4n) is 2.56. The van der Waals surface area contributed by atoms with Gasteiger partial charge in [-0.1, -0.05) is 6.07 Å². The zero-order chi connectivity index (χ0) is 15.4. The summed E-state index contributed by atoms with van der Waals surface area (Å²) >= 11 is 0. The lowest BCUT2D eigenvalue weighted by atomic mass is 10.1. The summed E-state index contributed by atoms with van der Waals surface area (Å²) in [5, 5.41) is 2.80.